The number of hydrogen-bond acceptors (Lipinski definition) is 6. The van der Waals surface area contributed by atoms with Crippen molar-refractivity contribution in [2.24, 2.45) is 11.0 Å². The van der Waals surface area contributed by atoms with Gasteiger partial charge in [-0.1, -0.05) is 24.3 Å². The summed E-state index contributed by atoms with van der Waals surface area (Å²) in [4.78, 5) is 27.8. The molecule has 7 heteroatoms. The lowest BCUT2D eigenvalue weighted by Crippen LogP contribution is -2.44. The molecule has 2 aliphatic rings. The van der Waals surface area contributed by atoms with Crippen molar-refractivity contribution in [3.05, 3.63) is 65.2 Å². The largest absolute Gasteiger partial charge is 0.497 e. The number of amides is 1. The zero-order valence-corrected chi connectivity index (χ0v) is 20.2. The average molecular weight is 464 g/mol. The monoisotopic (exact) mass is 463 g/mol. The van der Waals surface area contributed by atoms with Crippen molar-refractivity contribution in [2.75, 3.05) is 33.4 Å². The van der Waals surface area contributed by atoms with E-state index in [0.29, 0.717) is 19.6 Å². The normalized spacial score (nSPS) is 20.7. The molecule has 2 aliphatic heterocycles. The fourth-order valence-electron chi connectivity index (χ4n) is 4.82. The minimum Gasteiger partial charge on any atom is -0.497 e. The van der Waals surface area contributed by atoms with Gasteiger partial charge >= 0.3 is 5.97 Å². The molecule has 1 saturated heterocycles. The molecule has 4 rings (SSSR count). The van der Waals surface area contributed by atoms with Gasteiger partial charge in [-0.25, -0.2) is 5.01 Å². The highest BCUT2D eigenvalue weighted by molar-refractivity contribution is 6.03. The number of piperidine rings is 1. The van der Waals surface area contributed by atoms with E-state index in [2.05, 4.69) is 24.0 Å². The van der Waals surface area contributed by atoms with Gasteiger partial charge in [0.1, 0.15) is 5.75 Å². The van der Waals surface area contributed by atoms with Crippen molar-refractivity contribution in [3.8, 4) is 5.75 Å². The number of nitrogens with zero attached hydrogens (tertiary/aromatic N) is 3. The highest BCUT2D eigenvalue weighted by Gasteiger charge is 2.35. The van der Waals surface area contributed by atoms with Crippen LogP contribution in [0.2, 0.25) is 0 Å². The molecule has 1 fully saturated rings. The fraction of sp³-hybridized carbons (Fsp3) is 0.444. The minimum absolute atomic E-state index is 0.0544. The summed E-state index contributed by atoms with van der Waals surface area (Å²) in [5.74, 6) is 0.386. The third-order valence-electron chi connectivity index (χ3n) is 6.62. The molecule has 0 N–H and O–H groups in total. The summed E-state index contributed by atoms with van der Waals surface area (Å²) < 4.78 is 10.5. The first kappa shape index (κ1) is 24.0. The van der Waals surface area contributed by atoms with E-state index >= 15 is 0 Å². The molecule has 34 heavy (non-hydrogen) atoms. The summed E-state index contributed by atoms with van der Waals surface area (Å²) in [5.41, 5.74) is 4.10. The second kappa shape index (κ2) is 10.8. The van der Waals surface area contributed by atoms with Crippen molar-refractivity contribution < 1.29 is 19.1 Å². The Bertz CT molecular complexity index is 1050. The molecule has 0 aromatic heterocycles. The number of esters is 1. The Hall–Kier alpha value is -3.19. The summed E-state index contributed by atoms with van der Waals surface area (Å²) in [6.45, 7) is 5.83. The summed E-state index contributed by atoms with van der Waals surface area (Å²) in [6, 6.07) is 15.8. The summed E-state index contributed by atoms with van der Waals surface area (Å²) >= 11 is 0. The third kappa shape index (κ3) is 5.30. The van der Waals surface area contributed by atoms with Gasteiger partial charge < -0.3 is 9.47 Å². The maximum atomic E-state index is 13.5. The third-order valence-corrected chi connectivity index (χ3v) is 6.62. The molecular formula is C27H33N3O4. The number of carbonyl (C=O) groups excluding carboxylic acids is 2. The lowest BCUT2D eigenvalue weighted by molar-refractivity contribution is -0.150. The molecule has 180 valence electrons. The standard InChI is InChI=1S/C27H33N3O4/c1-4-34-27(32)21-9-7-15-29(17-21)18-26(31)30-25(23-10-6-5-8-19(23)2)16-24(28-30)20-11-13-22(33-3)14-12-20/h5-6,8,10-14,21,25H,4,7,9,15-18H2,1-3H3/t21-,25+/m1/s1. The molecule has 2 atom stereocenters. The van der Waals surface area contributed by atoms with Crippen molar-refractivity contribution in [1.29, 1.82) is 0 Å². The lowest BCUT2D eigenvalue weighted by atomic mass is 9.95. The van der Waals surface area contributed by atoms with Crippen LogP contribution in [-0.2, 0) is 14.3 Å². The van der Waals surface area contributed by atoms with E-state index in [9.17, 15) is 9.59 Å². The molecule has 1 amide bonds. The van der Waals surface area contributed by atoms with Crippen LogP contribution in [0.5, 0.6) is 5.75 Å². The summed E-state index contributed by atoms with van der Waals surface area (Å²) in [6.07, 6.45) is 2.32. The maximum absolute atomic E-state index is 13.5. The summed E-state index contributed by atoms with van der Waals surface area (Å²) in [7, 11) is 1.64. The van der Waals surface area contributed by atoms with Gasteiger partial charge in [-0.05, 0) is 74.2 Å². The number of likely N-dealkylation sites (tertiary alicyclic amines) is 1. The minimum atomic E-state index is -0.175. The SMILES string of the molecule is CCOC(=O)[C@@H]1CCCN(CC(=O)N2N=C(c3ccc(OC)cc3)C[C@H]2c2ccccc2C)C1. The molecule has 0 aliphatic carbocycles. The van der Waals surface area contributed by atoms with Gasteiger partial charge in [0.15, 0.2) is 0 Å². The van der Waals surface area contributed by atoms with Gasteiger partial charge in [-0.3, -0.25) is 14.5 Å². The van der Waals surface area contributed by atoms with Crippen LogP contribution >= 0.6 is 0 Å². The van der Waals surface area contributed by atoms with Gasteiger partial charge in [-0.2, -0.15) is 5.10 Å². The average Bonchev–Trinajstić information content (AvgIpc) is 3.30. The number of carbonyl (C=O) groups is 2. The number of benzene rings is 2. The van der Waals surface area contributed by atoms with Crippen LogP contribution in [0.15, 0.2) is 53.6 Å². The van der Waals surface area contributed by atoms with Crippen LogP contribution in [0.4, 0.5) is 0 Å². The molecule has 0 bridgehead atoms. The van der Waals surface area contributed by atoms with Crippen molar-refractivity contribution in [1.82, 2.24) is 9.91 Å². The highest BCUT2D eigenvalue weighted by atomic mass is 16.5. The molecule has 0 spiro atoms. The predicted molar refractivity (Wildman–Crippen MR) is 131 cm³/mol. The molecule has 2 aromatic carbocycles. The predicted octanol–water partition coefficient (Wildman–Crippen LogP) is 3.96. The highest BCUT2D eigenvalue weighted by Crippen LogP contribution is 2.35. The van der Waals surface area contributed by atoms with E-state index in [1.807, 2.05) is 43.3 Å². The van der Waals surface area contributed by atoms with Gasteiger partial charge in [0.25, 0.3) is 5.91 Å². The smallest absolute Gasteiger partial charge is 0.310 e. The zero-order valence-electron chi connectivity index (χ0n) is 20.2. The Labute approximate surface area is 201 Å². The number of ether oxygens (including phenoxy) is 2. The van der Waals surface area contributed by atoms with E-state index in [1.165, 1.54) is 0 Å². The van der Waals surface area contributed by atoms with E-state index in [0.717, 1.165) is 47.5 Å². The van der Waals surface area contributed by atoms with Gasteiger partial charge in [0.2, 0.25) is 0 Å². The Balaban J connectivity index is 1.55. The number of aryl methyl sites for hydroxylation is 1. The molecule has 0 radical (unpaired) electrons. The second-order valence-corrected chi connectivity index (χ2v) is 8.92. The first-order valence-corrected chi connectivity index (χ1v) is 12.0. The maximum Gasteiger partial charge on any atom is 0.310 e. The van der Waals surface area contributed by atoms with E-state index in [-0.39, 0.29) is 30.4 Å². The second-order valence-electron chi connectivity index (χ2n) is 8.92. The van der Waals surface area contributed by atoms with E-state index in [4.69, 9.17) is 14.6 Å². The van der Waals surface area contributed by atoms with E-state index in [1.54, 1.807) is 12.1 Å². The topological polar surface area (TPSA) is 71.4 Å². The van der Waals surface area contributed by atoms with Crippen LogP contribution in [0.3, 0.4) is 0 Å². The molecule has 2 aromatic rings. The van der Waals surface area contributed by atoms with Crippen LogP contribution in [0, 0.1) is 12.8 Å². The molecule has 7 nitrogen and oxygen atoms in total. The van der Waals surface area contributed by atoms with Crippen molar-refractivity contribution in [2.45, 2.75) is 39.2 Å². The molecule has 0 unspecified atom stereocenters. The van der Waals surface area contributed by atoms with Crippen LogP contribution < -0.4 is 4.74 Å². The first-order valence-electron chi connectivity index (χ1n) is 12.0. The van der Waals surface area contributed by atoms with E-state index < -0.39 is 0 Å². The quantitative estimate of drug-likeness (QED) is 0.582. The Morgan fingerprint density at radius 1 is 1.12 bits per heavy atom. The Kier molecular flexibility index (Phi) is 7.63. The number of methoxy groups -OCH3 is 1. The van der Waals surface area contributed by atoms with Crippen LogP contribution in [0.1, 0.15) is 48.9 Å². The molecule has 0 saturated carbocycles. The van der Waals surface area contributed by atoms with Gasteiger partial charge in [0, 0.05) is 13.0 Å². The lowest BCUT2D eigenvalue weighted by Gasteiger charge is -2.32. The van der Waals surface area contributed by atoms with Crippen molar-refractivity contribution >= 4 is 17.6 Å². The number of rotatable bonds is 7. The van der Waals surface area contributed by atoms with Crippen LogP contribution in [-0.4, -0.2) is 60.8 Å². The Morgan fingerprint density at radius 3 is 2.59 bits per heavy atom. The van der Waals surface area contributed by atoms with Crippen molar-refractivity contribution in [3.63, 3.8) is 0 Å². The summed E-state index contributed by atoms with van der Waals surface area (Å²) in [5, 5.41) is 6.45. The molecule has 2 heterocycles. The van der Waals surface area contributed by atoms with Crippen LogP contribution in [0.25, 0.3) is 0 Å². The number of hydrogen-bond donors (Lipinski definition) is 0. The Morgan fingerprint density at radius 2 is 1.88 bits per heavy atom. The fourth-order valence-corrected chi connectivity index (χ4v) is 4.82. The first-order chi connectivity index (χ1) is 16.5. The zero-order chi connectivity index (χ0) is 24.1. The van der Waals surface area contributed by atoms with Gasteiger partial charge in [0.05, 0.1) is 37.9 Å². The molecular weight excluding hydrogens is 430 g/mol. The van der Waals surface area contributed by atoms with Gasteiger partial charge in [-0.15, -0.1) is 0 Å². The number of hydrazone groups is 1.